The summed E-state index contributed by atoms with van der Waals surface area (Å²) in [6, 6.07) is 12.5. The molecular formula is C21H21ClN2O3. The van der Waals surface area contributed by atoms with E-state index in [9.17, 15) is 9.59 Å². The van der Waals surface area contributed by atoms with E-state index >= 15 is 0 Å². The van der Waals surface area contributed by atoms with E-state index in [2.05, 4.69) is 4.98 Å². The number of aryl methyl sites for hydroxylation is 1. The first-order valence-corrected chi connectivity index (χ1v) is 9.14. The van der Waals surface area contributed by atoms with Crippen molar-refractivity contribution in [3.63, 3.8) is 0 Å². The van der Waals surface area contributed by atoms with Crippen molar-refractivity contribution in [2.45, 2.75) is 33.3 Å². The van der Waals surface area contributed by atoms with Crippen LogP contribution in [0.3, 0.4) is 0 Å². The van der Waals surface area contributed by atoms with Crippen molar-refractivity contribution in [2.24, 2.45) is 5.92 Å². The van der Waals surface area contributed by atoms with Gasteiger partial charge in [-0.15, -0.1) is 0 Å². The number of halogens is 1. The van der Waals surface area contributed by atoms with Gasteiger partial charge < -0.3 is 4.74 Å². The number of rotatable bonds is 5. The predicted molar refractivity (Wildman–Crippen MR) is 105 cm³/mol. The Morgan fingerprint density at radius 3 is 2.59 bits per heavy atom. The topological polar surface area (TPSA) is 60.7 Å². The molecule has 2 aromatic heterocycles. The van der Waals surface area contributed by atoms with Crippen molar-refractivity contribution >= 4 is 23.2 Å². The Bertz CT molecular complexity index is 1030. The molecule has 5 nitrogen and oxygen atoms in total. The summed E-state index contributed by atoms with van der Waals surface area (Å²) in [7, 11) is 0. The molecule has 3 rings (SSSR count). The van der Waals surface area contributed by atoms with Gasteiger partial charge in [-0.25, -0.2) is 4.98 Å². The van der Waals surface area contributed by atoms with Crippen LogP contribution in [0.2, 0.25) is 5.02 Å². The van der Waals surface area contributed by atoms with Crippen LogP contribution in [-0.2, 0) is 16.1 Å². The molecule has 3 aromatic rings. The number of ether oxygens (including phenoxy) is 1. The second-order valence-corrected chi connectivity index (χ2v) is 7.19. The fourth-order valence-corrected chi connectivity index (χ4v) is 2.99. The largest absolute Gasteiger partial charge is 0.459 e. The van der Waals surface area contributed by atoms with E-state index < -0.39 is 0 Å². The summed E-state index contributed by atoms with van der Waals surface area (Å²) < 4.78 is 6.89. The van der Waals surface area contributed by atoms with Crippen molar-refractivity contribution < 1.29 is 9.53 Å². The van der Waals surface area contributed by atoms with Gasteiger partial charge in [-0.3, -0.25) is 14.0 Å². The number of hydrogen-bond donors (Lipinski definition) is 0. The van der Waals surface area contributed by atoms with Gasteiger partial charge >= 0.3 is 5.97 Å². The third-order valence-corrected chi connectivity index (χ3v) is 4.99. The first-order valence-electron chi connectivity index (χ1n) is 8.76. The number of fused-ring (bicyclic) bond motifs is 1. The summed E-state index contributed by atoms with van der Waals surface area (Å²) in [5.41, 5.74) is 2.75. The quantitative estimate of drug-likeness (QED) is 0.620. The van der Waals surface area contributed by atoms with Gasteiger partial charge in [0.25, 0.3) is 5.56 Å². The van der Waals surface area contributed by atoms with Crippen molar-refractivity contribution in [1.29, 1.82) is 0 Å². The number of nitrogens with zero attached hydrogens (tertiary/aromatic N) is 2. The van der Waals surface area contributed by atoms with E-state index in [0.29, 0.717) is 16.4 Å². The minimum Gasteiger partial charge on any atom is -0.459 e. The predicted octanol–water partition coefficient (Wildman–Crippen LogP) is 4.14. The Kier molecular flexibility index (Phi) is 5.61. The summed E-state index contributed by atoms with van der Waals surface area (Å²) in [5.74, 6) is -0.688. The van der Waals surface area contributed by atoms with E-state index in [1.807, 2.05) is 39.0 Å². The number of carbonyl (C=O) groups excluding carboxylic acids is 1. The number of carbonyl (C=O) groups is 1. The van der Waals surface area contributed by atoms with Crippen molar-refractivity contribution in [2.75, 3.05) is 0 Å². The van der Waals surface area contributed by atoms with Crippen LogP contribution >= 0.6 is 11.6 Å². The van der Waals surface area contributed by atoms with Gasteiger partial charge in [0.2, 0.25) is 0 Å². The highest BCUT2D eigenvalue weighted by molar-refractivity contribution is 6.30. The zero-order chi connectivity index (χ0) is 19.6. The van der Waals surface area contributed by atoms with E-state index in [4.69, 9.17) is 16.3 Å². The maximum Gasteiger partial charge on any atom is 0.309 e. The lowest BCUT2D eigenvalue weighted by atomic mass is 9.89. The fourth-order valence-electron chi connectivity index (χ4n) is 2.87. The molecule has 0 aliphatic heterocycles. The number of esters is 1. The van der Waals surface area contributed by atoms with Gasteiger partial charge in [0.05, 0.1) is 11.6 Å². The summed E-state index contributed by atoms with van der Waals surface area (Å²) in [4.78, 5) is 29.0. The number of pyridine rings is 1. The van der Waals surface area contributed by atoms with Crippen LogP contribution in [-0.4, -0.2) is 15.4 Å². The van der Waals surface area contributed by atoms with E-state index in [-0.39, 0.29) is 30.0 Å². The second-order valence-electron chi connectivity index (χ2n) is 6.76. The second kappa shape index (κ2) is 7.92. The molecule has 0 aliphatic carbocycles. The molecule has 1 aromatic carbocycles. The molecular weight excluding hydrogens is 364 g/mol. The van der Waals surface area contributed by atoms with Crippen LogP contribution in [0.15, 0.2) is 53.5 Å². The molecule has 0 N–H and O–H groups in total. The molecule has 2 unspecified atom stereocenters. The van der Waals surface area contributed by atoms with Gasteiger partial charge in [0.15, 0.2) is 0 Å². The first kappa shape index (κ1) is 19.1. The molecule has 0 saturated heterocycles. The molecule has 0 spiro atoms. The highest BCUT2D eigenvalue weighted by atomic mass is 35.5. The number of aromatic nitrogens is 2. The highest BCUT2D eigenvalue weighted by Crippen LogP contribution is 2.26. The van der Waals surface area contributed by atoms with Crippen molar-refractivity contribution in [3.05, 3.63) is 80.9 Å². The number of benzene rings is 1. The average molecular weight is 385 g/mol. The Morgan fingerprint density at radius 1 is 1.19 bits per heavy atom. The SMILES string of the molecule is Cc1ccc2nc(COC(=O)C(C)C(C)c3ccc(Cl)cc3)cc(=O)n2c1. The molecule has 2 atom stereocenters. The van der Waals surface area contributed by atoms with E-state index in [1.165, 1.54) is 10.5 Å². The molecule has 0 fully saturated rings. The lowest BCUT2D eigenvalue weighted by molar-refractivity contribution is -0.150. The lowest BCUT2D eigenvalue weighted by Gasteiger charge is -2.19. The molecule has 0 aliphatic rings. The van der Waals surface area contributed by atoms with Gasteiger partial charge in [0, 0.05) is 17.3 Å². The Morgan fingerprint density at radius 2 is 1.89 bits per heavy atom. The maximum atomic E-state index is 12.4. The van der Waals surface area contributed by atoms with E-state index in [0.717, 1.165) is 11.1 Å². The van der Waals surface area contributed by atoms with Crippen molar-refractivity contribution in [1.82, 2.24) is 9.38 Å². The van der Waals surface area contributed by atoms with Gasteiger partial charge in [-0.05, 0) is 42.2 Å². The van der Waals surface area contributed by atoms with Crippen LogP contribution in [0.1, 0.15) is 36.6 Å². The van der Waals surface area contributed by atoms with Crippen LogP contribution in [0.5, 0.6) is 0 Å². The average Bonchev–Trinajstić information content (AvgIpc) is 2.66. The monoisotopic (exact) mass is 384 g/mol. The third kappa shape index (κ3) is 4.37. The summed E-state index contributed by atoms with van der Waals surface area (Å²) in [5, 5.41) is 0.657. The summed E-state index contributed by atoms with van der Waals surface area (Å²) in [6.07, 6.45) is 1.73. The molecule has 0 radical (unpaired) electrons. The van der Waals surface area contributed by atoms with Crippen LogP contribution in [0, 0.1) is 12.8 Å². The highest BCUT2D eigenvalue weighted by Gasteiger charge is 2.23. The number of hydrogen-bond acceptors (Lipinski definition) is 4. The van der Waals surface area contributed by atoms with Crippen molar-refractivity contribution in [3.8, 4) is 0 Å². The molecule has 0 saturated carbocycles. The molecule has 140 valence electrons. The molecule has 2 heterocycles. The Labute approximate surface area is 162 Å². The first-order chi connectivity index (χ1) is 12.8. The van der Waals surface area contributed by atoms with Crippen LogP contribution in [0.4, 0.5) is 0 Å². The fraction of sp³-hybridized carbons (Fsp3) is 0.286. The van der Waals surface area contributed by atoms with Gasteiger partial charge in [-0.2, -0.15) is 0 Å². The molecule has 27 heavy (non-hydrogen) atoms. The normalized spacial score (nSPS) is 13.3. The maximum absolute atomic E-state index is 12.4. The molecule has 0 amide bonds. The Hall–Kier alpha value is -2.66. The van der Waals surface area contributed by atoms with Gasteiger partial charge in [0.1, 0.15) is 12.3 Å². The molecule has 6 heteroatoms. The standard InChI is InChI=1S/C21H21ClN2O3/c1-13-4-9-19-23-18(10-20(25)24(19)11-13)12-27-21(26)15(3)14(2)16-5-7-17(22)8-6-16/h4-11,14-15H,12H2,1-3H3. The van der Waals surface area contributed by atoms with Gasteiger partial charge in [-0.1, -0.05) is 43.6 Å². The van der Waals surface area contributed by atoms with Crippen LogP contribution in [0.25, 0.3) is 5.65 Å². The van der Waals surface area contributed by atoms with E-state index in [1.54, 1.807) is 24.4 Å². The lowest BCUT2D eigenvalue weighted by Crippen LogP contribution is -2.21. The third-order valence-electron chi connectivity index (χ3n) is 4.74. The Balaban J connectivity index is 1.69. The minimum atomic E-state index is -0.338. The van der Waals surface area contributed by atoms with Crippen LogP contribution < -0.4 is 5.56 Å². The smallest absolute Gasteiger partial charge is 0.309 e. The summed E-state index contributed by atoms with van der Waals surface area (Å²) >= 11 is 5.91. The zero-order valence-electron chi connectivity index (χ0n) is 15.5. The summed E-state index contributed by atoms with van der Waals surface area (Å²) in [6.45, 7) is 5.67. The molecule has 0 bridgehead atoms. The zero-order valence-corrected chi connectivity index (χ0v) is 16.2. The minimum absolute atomic E-state index is 0.0204.